The van der Waals surface area contributed by atoms with Gasteiger partial charge in [0, 0.05) is 0 Å². The monoisotopic (exact) mass is 220 g/mol. The van der Waals surface area contributed by atoms with Crippen LogP contribution in [0.15, 0.2) is 0 Å². The highest BCUT2D eigenvalue weighted by atomic mass is 32.3. The third kappa shape index (κ3) is 1.13. The van der Waals surface area contributed by atoms with Crippen LogP contribution < -0.4 is 0 Å². The van der Waals surface area contributed by atoms with Gasteiger partial charge in [0.15, 0.2) is 0 Å². The van der Waals surface area contributed by atoms with E-state index in [1.165, 1.54) is 0 Å². The van der Waals surface area contributed by atoms with Crippen molar-refractivity contribution in [1.29, 1.82) is 0 Å². The van der Waals surface area contributed by atoms with E-state index >= 15 is 0 Å². The summed E-state index contributed by atoms with van der Waals surface area (Å²) in [5.41, 5.74) is 0. The maximum atomic E-state index is 12.3. The summed E-state index contributed by atoms with van der Waals surface area (Å²) in [7, 11) is -10.7. The van der Waals surface area contributed by atoms with Crippen LogP contribution in [0.25, 0.3) is 0 Å². The Labute approximate surface area is 69.0 Å². The fraction of sp³-hybridized carbons (Fsp3) is 1.00. The van der Waals surface area contributed by atoms with E-state index in [1.54, 1.807) is 0 Å². The first kappa shape index (κ1) is 9.85. The molecule has 0 heterocycles. The number of halogens is 2. The molecule has 8 heteroatoms. The lowest BCUT2D eigenvalue weighted by Gasteiger charge is -2.32. The summed E-state index contributed by atoms with van der Waals surface area (Å²) < 4.78 is 63.1. The van der Waals surface area contributed by atoms with Crippen LogP contribution in [0.1, 0.15) is 19.3 Å². The molecule has 1 saturated carbocycles. The highest BCUT2D eigenvalue weighted by Crippen LogP contribution is 2.45. The van der Waals surface area contributed by atoms with Gasteiger partial charge in [0.25, 0.3) is 0 Å². The van der Waals surface area contributed by atoms with Crippen LogP contribution in [0.2, 0.25) is 0 Å². The molecule has 0 amide bonds. The van der Waals surface area contributed by atoms with Crippen LogP contribution in [0.3, 0.4) is 0 Å². The number of hydrogen-bond acceptors (Lipinski definition) is 4. The summed E-state index contributed by atoms with van der Waals surface area (Å²) in [6, 6.07) is 0. The first-order valence-electron chi connectivity index (χ1n) is 3.09. The molecule has 0 aromatic carbocycles. The molecule has 0 atom stereocenters. The molecule has 0 spiro atoms. The highest BCUT2D eigenvalue weighted by molar-refractivity contribution is 8.05. The largest absolute Gasteiger partial charge is 0.325 e. The zero-order valence-electron chi connectivity index (χ0n) is 5.83. The van der Waals surface area contributed by atoms with E-state index in [0.29, 0.717) is 0 Å². The summed E-state index contributed by atoms with van der Waals surface area (Å²) in [6.07, 6.45) is -0.790. The van der Waals surface area contributed by atoms with Gasteiger partial charge in [-0.25, -0.2) is 0 Å². The smallest absolute Gasteiger partial charge is 0.193 e. The zero-order valence-corrected chi connectivity index (χ0v) is 7.46. The van der Waals surface area contributed by atoms with Crippen molar-refractivity contribution in [2.24, 2.45) is 0 Å². The maximum Gasteiger partial charge on any atom is 0.325 e. The van der Waals surface area contributed by atoms with Gasteiger partial charge in [-0.3, -0.25) is 0 Å². The zero-order chi connectivity index (χ0) is 9.62. The molecule has 0 bridgehead atoms. The van der Waals surface area contributed by atoms with E-state index in [2.05, 4.69) is 0 Å². The van der Waals surface area contributed by atoms with Crippen molar-refractivity contribution >= 4 is 20.4 Å². The molecular formula is C4H6F2O4S2. The molecule has 0 aliphatic heterocycles. The number of hydrogen-bond donors (Lipinski definition) is 0. The predicted molar refractivity (Wildman–Crippen MR) is 36.6 cm³/mol. The Balaban J connectivity index is 3.28. The number of rotatable bonds is 2. The van der Waals surface area contributed by atoms with Crippen molar-refractivity contribution in [2.75, 3.05) is 0 Å². The van der Waals surface area contributed by atoms with Crippen molar-refractivity contribution in [1.82, 2.24) is 0 Å². The van der Waals surface area contributed by atoms with Gasteiger partial charge >= 0.3 is 20.4 Å². The molecule has 0 saturated heterocycles. The standard InChI is InChI=1S/C4H6F2O4S2/c5-11(7,8)4(2-1-3-4)12(6,9)10/h1-3H2. The Morgan fingerprint density at radius 3 is 1.25 bits per heavy atom. The van der Waals surface area contributed by atoms with Crippen LogP contribution in [-0.4, -0.2) is 20.9 Å². The minimum absolute atomic E-state index is 0.201. The second kappa shape index (κ2) is 2.38. The second-order valence-electron chi connectivity index (χ2n) is 2.64. The molecule has 12 heavy (non-hydrogen) atoms. The van der Waals surface area contributed by atoms with Crippen molar-refractivity contribution < 1.29 is 24.6 Å². The van der Waals surface area contributed by atoms with Crippen LogP contribution in [0.5, 0.6) is 0 Å². The lowest BCUT2D eigenvalue weighted by molar-refractivity contribution is 0.385. The lowest BCUT2D eigenvalue weighted by atomic mass is 9.99. The summed E-state index contributed by atoms with van der Waals surface area (Å²) in [5.74, 6) is 0. The minimum atomic E-state index is -5.35. The quantitative estimate of drug-likeness (QED) is 0.634. The molecule has 0 radical (unpaired) electrons. The molecule has 0 unspecified atom stereocenters. The molecule has 1 aliphatic rings. The van der Waals surface area contributed by atoms with E-state index in [-0.39, 0.29) is 6.42 Å². The molecular weight excluding hydrogens is 214 g/mol. The summed E-state index contributed by atoms with van der Waals surface area (Å²) in [5, 5.41) is 0. The summed E-state index contributed by atoms with van der Waals surface area (Å²) in [6.45, 7) is 0. The molecule has 0 aromatic rings. The lowest BCUT2D eigenvalue weighted by Crippen LogP contribution is -2.48. The van der Waals surface area contributed by atoms with Crippen molar-refractivity contribution in [2.45, 2.75) is 23.3 Å². The molecule has 1 rings (SSSR count). The Bertz CT molecular complexity index is 343. The summed E-state index contributed by atoms with van der Waals surface area (Å²) >= 11 is 0. The minimum Gasteiger partial charge on any atom is -0.193 e. The van der Waals surface area contributed by atoms with Crippen LogP contribution in [0.4, 0.5) is 7.77 Å². The Morgan fingerprint density at radius 1 is 0.917 bits per heavy atom. The third-order valence-electron chi connectivity index (χ3n) is 2.00. The average molecular weight is 220 g/mol. The van der Waals surface area contributed by atoms with Crippen molar-refractivity contribution in [3.05, 3.63) is 0 Å². The van der Waals surface area contributed by atoms with Gasteiger partial charge in [0.05, 0.1) is 0 Å². The van der Waals surface area contributed by atoms with E-state index in [1.807, 2.05) is 0 Å². The fourth-order valence-corrected chi connectivity index (χ4v) is 3.58. The van der Waals surface area contributed by atoms with Crippen LogP contribution >= 0.6 is 0 Å². The third-order valence-corrected chi connectivity index (χ3v) is 5.79. The van der Waals surface area contributed by atoms with Crippen molar-refractivity contribution in [3.63, 3.8) is 0 Å². The predicted octanol–water partition coefficient (Wildman–Crippen LogP) is 0.465. The van der Waals surface area contributed by atoms with Crippen molar-refractivity contribution in [3.8, 4) is 0 Å². The van der Waals surface area contributed by atoms with Gasteiger partial charge in [0.1, 0.15) is 0 Å². The van der Waals surface area contributed by atoms with E-state index in [4.69, 9.17) is 0 Å². The normalized spacial score (nSPS) is 23.2. The van der Waals surface area contributed by atoms with Crippen LogP contribution in [0, 0.1) is 0 Å². The van der Waals surface area contributed by atoms with Crippen LogP contribution in [-0.2, 0) is 20.4 Å². The van der Waals surface area contributed by atoms with E-state index < -0.39 is 37.4 Å². The Kier molecular flexibility index (Phi) is 1.95. The Morgan fingerprint density at radius 2 is 1.25 bits per heavy atom. The second-order valence-corrected chi connectivity index (χ2v) is 6.21. The average Bonchev–Trinajstić information content (AvgIpc) is 1.47. The topological polar surface area (TPSA) is 68.3 Å². The van der Waals surface area contributed by atoms with Gasteiger partial charge in [0.2, 0.25) is 4.08 Å². The molecule has 4 nitrogen and oxygen atoms in total. The highest BCUT2D eigenvalue weighted by Gasteiger charge is 2.61. The van der Waals surface area contributed by atoms with Gasteiger partial charge in [-0.05, 0) is 19.3 Å². The van der Waals surface area contributed by atoms with E-state index in [0.717, 1.165) is 0 Å². The molecule has 1 fully saturated rings. The van der Waals surface area contributed by atoms with E-state index in [9.17, 15) is 24.6 Å². The molecule has 1 aliphatic carbocycles. The maximum absolute atomic E-state index is 12.3. The Hall–Kier alpha value is -0.240. The molecule has 0 N–H and O–H groups in total. The first-order chi connectivity index (χ1) is 5.21. The van der Waals surface area contributed by atoms with Gasteiger partial charge in [-0.2, -0.15) is 16.8 Å². The molecule has 0 aromatic heterocycles. The van der Waals surface area contributed by atoms with Gasteiger partial charge in [-0.15, -0.1) is 7.77 Å². The summed E-state index contributed by atoms with van der Waals surface area (Å²) in [4.78, 5) is 0. The SMILES string of the molecule is O=S(=O)(F)C1(S(=O)(=O)F)CCC1. The first-order valence-corrected chi connectivity index (χ1v) is 5.86. The van der Waals surface area contributed by atoms with Gasteiger partial charge < -0.3 is 0 Å². The fourth-order valence-electron chi connectivity index (χ4n) is 1.07. The molecule has 72 valence electrons. The van der Waals surface area contributed by atoms with Gasteiger partial charge in [-0.1, -0.05) is 0 Å².